The third kappa shape index (κ3) is 1.75. The maximum Gasteiger partial charge on any atom is 0.0419 e. The molecule has 2 aliphatic rings. The third-order valence-corrected chi connectivity index (χ3v) is 4.46. The van der Waals surface area contributed by atoms with Crippen molar-refractivity contribution in [1.29, 1.82) is 0 Å². The van der Waals surface area contributed by atoms with Crippen molar-refractivity contribution in [3.05, 3.63) is 30.1 Å². The molecule has 0 saturated heterocycles. The second-order valence-electron chi connectivity index (χ2n) is 5.26. The highest BCUT2D eigenvalue weighted by Gasteiger charge is 2.55. The summed E-state index contributed by atoms with van der Waals surface area (Å²) in [6.45, 7) is 0. The zero-order valence-corrected chi connectivity index (χ0v) is 9.89. The minimum atomic E-state index is 0.644. The Bertz CT molecular complexity index is 339. The van der Waals surface area contributed by atoms with E-state index in [0.29, 0.717) is 6.04 Å². The molecule has 0 aromatic carbocycles. The maximum absolute atomic E-state index is 4.43. The minimum absolute atomic E-state index is 0.644. The Morgan fingerprint density at radius 3 is 2.81 bits per heavy atom. The van der Waals surface area contributed by atoms with Gasteiger partial charge in [0.1, 0.15) is 0 Å². The molecule has 2 fully saturated rings. The van der Waals surface area contributed by atoms with Gasteiger partial charge in [0.05, 0.1) is 0 Å². The van der Waals surface area contributed by atoms with Gasteiger partial charge in [0.25, 0.3) is 0 Å². The topological polar surface area (TPSA) is 24.9 Å². The normalized spacial score (nSPS) is 33.4. The van der Waals surface area contributed by atoms with Crippen molar-refractivity contribution in [3.8, 4) is 0 Å². The van der Waals surface area contributed by atoms with E-state index in [1.54, 1.807) is 0 Å². The first-order valence-corrected chi connectivity index (χ1v) is 6.47. The van der Waals surface area contributed by atoms with E-state index in [1.165, 1.54) is 25.0 Å². The van der Waals surface area contributed by atoms with Crippen LogP contribution in [0.4, 0.5) is 0 Å². The van der Waals surface area contributed by atoms with Crippen molar-refractivity contribution in [2.45, 2.75) is 31.7 Å². The SMILES string of the molecule is CNC(Cc1ccccn1)C1C2CCCC21. The molecule has 2 heteroatoms. The number of fused-ring (bicyclic) bond motifs is 1. The molecule has 2 saturated carbocycles. The number of aromatic nitrogens is 1. The lowest BCUT2D eigenvalue weighted by Crippen LogP contribution is -2.31. The van der Waals surface area contributed by atoms with Crippen LogP contribution in [-0.2, 0) is 6.42 Å². The lowest BCUT2D eigenvalue weighted by atomic mass is 10.00. The van der Waals surface area contributed by atoms with Crippen LogP contribution >= 0.6 is 0 Å². The molecule has 3 unspecified atom stereocenters. The highest BCUT2D eigenvalue weighted by Crippen LogP contribution is 2.59. The summed E-state index contributed by atoms with van der Waals surface area (Å²) in [4.78, 5) is 4.43. The first kappa shape index (κ1) is 10.3. The van der Waals surface area contributed by atoms with Crippen molar-refractivity contribution < 1.29 is 0 Å². The monoisotopic (exact) mass is 216 g/mol. The van der Waals surface area contributed by atoms with Crippen molar-refractivity contribution >= 4 is 0 Å². The molecule has 3 atom stereocenters. The summed E-state index contributed by atoms with van der Waals surface area (Å²) in [7, 11) is 2.10. The van der Waals surface area contributed by atoms with Crippen LogP contribution in [0.1, 0.15) is 25.0 Å². The van der Waals surface area contributed by atoms with E-state index >= 15 is 0 Å². The third-order valence-electron chi connectivity index (χ3n) is 4.46. The molecular formula is C14H20N2. The van der Waals surface area contributed by atoms with Crippen LogP contribution in [-0.4, -0.2) is 18.1 Å². The molecule has 1 N–H and O–H groups in total. The zero-order valence-electron chi connectivity index (χ0n) is 9.89. The average Bonchev–Trinajstić information content (AvgIpc) is 2.81. The number of likely N-dealkylation sites (N-methyl/N-ethyl adjacent to an activating group) is 1. The van der Waals surface area contributed by atoms with Crippen LogP contribution in [0, 0.1) is 17.8 Å². The minimum Gasteiger partial charge on any atom is -0.316 e. The Kier molecular flexibility index (Phi) is 2.68. The van der Waals surface area contributed by atoms with Crippen LogP contribution in [0.15, 0.2) is 24.4 Å². The molecule has 86 valence electrons. The van der Waals surface area contributed by atoms with E-state index in [4.69, 9.17) is 0 Å². The van der Waals surface area contributed by atoms with Gasteiger partial charge in [-0.25, -0.2) is 0 Å². The molecule has 1 aromatic rings. The summed E-state index contributed by atoms with van der Waals surface area (Å²) < 4.78 is 0. The highest BCUT2D eigenvalue weighted by molar-refractivity contribution is 5.11. The van der Waals surface area contributed by atoms with Crippen LogP contribution in [0.25, 0.3) is 0 Å². The number of nitrogens with zero attached hydrogens (tertiary/aromatic N) is 1. The fourth-order valence-electron chi connectivity index (χ4n) is 3.65. The van der Waals surface area contributed by atoms with E-state index < -0.39 is 0 Å². The Labute approximate surface area is 97.5 Å². The summed E-state index contributed by atoms with van der Waals surface area (Å²) >= 11 is 0. The van der Waals surface area contributed by atoms with Gasteiger partial charge >= 0.3 is 0 Å². The maximum atomic E-state index is 4.43. The number of hydrogen-bond acceptors (Lipinski definition) is 2. The number of rotatable bonds is 4. The van der Waals surface area contributed by atoms with Crippen molar-refractivity contribution in [2.24, 2.45) is 17.8 Å². The molecule has 2 nitrogen and oxygen atoms in total. The van der Waals surface area contributed by atoms with Gasteiger partial charge in [0, 0.05) is 24.4 Å². The second kappa shape index (κ2) is 4.17. The van der Waals surface area contributed by atoms with Crippen LogP contribution in [0.5, 0.6) is 0 Å². The lowest BCUT2D eigenvalue weighted by molar-refractivity contribution is 0.425. The standard InChI is InChI=1S/C14H20N2/c1-15-13(9-10-5-2-3-8-16-10)14-11-6-4-7-12(11)14/h2-3,5,8,11-15H,4,6-7,9H2,1H3. The molecule has 0 aliphatic heterocycles. The zero-order chi connectivity index (χ0) is 11.0. The molecular weight excluding hydrogens is 196 g/mol. The van der Waals surface area contributed by atoms with E-state index in [1.807, 2.05) is 12.3 Å². The summed E-state index contributed by atoms with van der Waals surface area (Å²) in [5.74, 6) is 2.99. The molecule has 3 rings (SSSR count). The first-order valence-electron chi connectivity index (χ1n) is 6.47. The smallest absolute Gasteiger partial charge is 0.0419 e. The molecule has 2 aliphatic carbocycles. The summed E-state index contributed by atoms with van der Waals surface area (Å²) in [6, 6.07) is 6.86. The Morgan fingerprint density at radius 1 is 1.38 bits per heavy atom. The van der Waals surface area contributed by atoms with E-state index in [2.05, 4.69) is 29.5 Å². The van der Waals surface area contributed by atoms with E-state index in [-0.39, 0.29) is 0 Å². The van der Waals surface area contributed by atoms with Gasteiger partial charge in [-0.05, 0) is 49.8 Å². The molecule has 1 heterocycles. The van der Waals surface area contributed by atoms with Crippen LogP contribution < -0.4 is 5.32 Å². The molecule has 16 heavy (non-hydrogen) atoms. The van der Waals surface area contributed by atoms with Crippen molar-refractivity contribution in [1.82, 2.24) is 10.3 Å². The number of hydrogen-bond donors (Lipinski definition) is 1. The average molecular weight is 216 g/mol. The van der Waals surface area contributed by atoms with Crippen LogP contribution in [0.2, 0.25) is 0 Å². The summed E-state index contributed by atoms with van der Waals surface area (Å²) in [5, 5.41) is 3.50. The van der Waals surface area contributed by atoms with Crippen LogP contribution in [0.3, 0.4) is 0 Å². The van der Waals surface area contributed by atoms with Crippen molar-refractivity contribution in [2.75, 3.05) is 7.05 Å². The van der Waals surface area contributed by atoms with Crippen molar-refractivity contribution in [3.63, 3.8) is 0 Å². The number of nitrogens with one attached hydrogen (secondary N) is 1. The molecule has 0 bridgehead atoms. The van der Waals surface area contributed by atoms with Gasteiger partial charge in [-0.1, -0.05) is 12.5 Å². The van der Waals surface area contributed by atoms with Gasteiger partial charge in [-0.2, -0.15) is 0 Å². The predicted octanol–water partition coefficient (Wildman–Crippen LogP) is 2.26. The summed E-state index contributed by atoms with van der Waals surface area (Å²) in [6.07, 6.45) is 7.39. The lowest BCUT2D eigenvalue weighted by Gasteiger charge is -2.17. The number of pyridine rings is 1. The van der Waals surface area contributed by atoms with Gasteiger partial charge in [-0.15, -0.1) is 0 Å². The van der Waals surface area contributed by atoms with Gasteiger partial charge in [0.15, 0.2) is 0 Å². The fraction of sp³-hybridized carbons (Fsp3) is 0.643. The highest BCUT2D eigenvalue weighted by atomic mass is 14.9. The molecule has 1 aromatic heterocycles. The molecule has 0 amide bonds. The Morgan fingerprint density at radius 2 is 2.19 bits per heavy atom. The predicted molar refractivity (Wildman–Crippen MR) is 65.1 cm³/mol. The van der Waals surface area contributed by atoms with E-state index in [9.17, 15) is 0 Å². The van der Waals surface area contributed by atoms with Gasteiger partial charge in [0.2, 0.25) is 0 Å². The largest absolute Gasteiger partial charge is 0.316 e. The quantitative estimate of drug-likeness (QED) is 0.835. The first-order chi connectivity index (χ1) is 7.90. The summed E-state index contributed by atoms with van der Waals surface area (Å²) in [5.41, 5.74) is 1.23. The second-order valence-corrected chi connectivity index (χ2v) is 5.26. The van der Waals surface area contributed by atoms with Gasteiger partial charge in [-0.3, -0.25) is 4.98 Å². The van der Waals surface area contributed by atoms with Gasteiger partial charge < -0.3 is 5.32 Å². The molecule has 0 radical (unpaired) electrons. The van der Waals surface area contributed by atoms with E-state index in [0.717, 1.165) is 24.2 Å². The Hall–Kier alpha value is -0.890. The Balaban J connectivity index is 1.64. The molecule has 0 spiro atoms. The fourth-order valence-corrected chi connectivity index (χ4v) is 3.65.